The Bertz CT molecular complexity index is 989. The third-order valence-corrected chi connectivity index (χ3v) is 3.94. The molecule has 118 valence electrons. The molecule has 2 heterocycles. The smallest absolute Gasteiger partial charge is 0.291 e. The van der Waals surface area contributed by atoms with Gasteiger partial charge in [0.05, 0.1) is 22.3 Å². The van der Waals surface area contributed by atoms with Crippen LogP contribution in [-0.2, 0) is 0 Å². The van der Waals surface area contributed by atoms with Crippen molar-refractivity contribution in [2.75, 3.05) is 5.32 Å². The minimum Gasteiger partial charge on any atom is -0.459 e. The summed E-state index contributed by atoms with van der Waals surface area (Å²) in [5.74, 6) is 0.573. The number of carbonyl (C=O) groups excluding carboxylic acids is 1. The first kappa shape index (κ1) is 14.5. The second kappa shape index (κ2) is 5.86. The molecule has 2 N–H and O–H groups in total. The van der Waals surface area contributed by atoms with Gasteiger partial charge in [0.25, 0.3) is 5.91 Å². The van der Waals surface area contributed by atoms with Gasteiger partial charge in [-0.3, -0.25) is 4.79 Å². The Morgan fingerprint density at radius 2 is 2.00 bits per heavy atom. The Morgan fingerprint density at radius 3 is 2.79 bits per heavy atom. The fourth-order valence-electron chi connectivity index (χ4n) is 2.47. The number of hydrogen-bond acceptors (Lipinski definition) is 3. The van der Waals surface area contributed by atoms with Gasteiger partial charge in [-0.05, 0) is 42.5 Å². The highest BCUT2D eigenvalue weighted by Gasteiger charge is 2.13. The van der Waals surface area contributed by atoms with Crippen LogP contribution in [0.2, 0.25) is 5.02 Å². The van der Waals surface area contributed by atoms with Gasteiger partial charge in [0.15, 0.2) is 5.76 Å². The molecule has 2 aromatic carbocycles. The zero-order valence-corrected chi connectivity index (χ0v) is 13.2. The van der Waals surface area contributed by atoms with Crippen LogP contribution in [0.25, 0.3) is 22.4 Å². The lowest BCUT2D eigenvalue weighted by Crippen LogP contribution is -2.10. The molecule has 0 aliphatic heterocycles. The summed E-state index contributed by atoms with van der Waals surface area (Å²) < 4.78 is 5.09. The number of aromatic amines is 1. The average Bonchev–Trinajstić information content (AvgIpc) is 3.25. The number of carbonyl (C=O) groups is 1. The van der Waals surface area contributed by atoms with E-state index in [-0.39, 0.29) is 11.7 Å². The number of hydrogen-bond donors (Lipinski definition) is 2. The Hall–Kier alpha value is -3.05. The minimum absolute atomic E-state index is 0.246. The Kier molecular flexibility index (Phi) is 3.55. The third kappa shape index (κ3) is 2.66. The Balaban J connectivity index is 1.69. The van der Waals surface area contributed by atoms with Crippen LogP contribution in [0, 0.1) is 0 Å². The normalized spacial score (nSPS) is 10.9. The zero-order chi connectivity index (χ0) is 16.5. The quantitative estimate of drug-likeness (QED) is 0.567. The lowest BCUT2D eigenvalue weighted by atomic mass is 10.2. The van der Waals surface area contributed by atoms with E-state index in [1.165, 1.54) is 6.26 Å². The van der Waals surface area contributed by atoms with E-state index >= 15 is 0 Å². The molecular weight excluding hydrogens is 326 g/mol. The van der Waals surface area contributed by atoms with Gasteiger partial charge in [-0.15, -0.1) is 0 Å². The van der Waals surface area contributed by atoms with Crippen molar-refractivity contribution >= 4 is 34.2 Å². The van der Waals surface area contributed by atoms with Gasteiger partial charge in [-0.1, -0.05) is 23.7 Å². The van der Waals surface area contributed by atoms with E-state index in [1.807, 2.05) is 24.3 Å². The van der Waals surface area contributed by atoms with Crippen LogP contribution >= 0.6 is 11.6 Å². The maximum Gasteiger partial charge on any atom is 0.291 e. The van der Waals surface area contributed by atoms with Crippen LogP contribution in [0.15, 0.2) is 65.3 Å². The molecule has 0 radical (unpaired) electrons. The summed E-state index contributed by atoms with van der Waals surface area (Å²) in [5.41, 5.74) is 3.10. The molecular formula is C18H12ClN3O2. The van der Waals surface area contributed by atoms with Crippen LogP contribution < -0.4 is 5.32 Å². The number of para-hydroxylation sites is 2. The summed E-state index contributed by atoms with van der Waals surface area (Å²) in [6.45, 7) is 0. The first-order chi connectivity index (χ1) is 11.7. The number of nitrogens with one attached hydrogen (secondary N) is 2. The second-order valence-electron chi connectivity index (χ2n) is 5.23. The molecule has 24 heavy (non-hydrogen) atoms. The predicted octanol–water partition coefficient (Wildman–Crippen LogP) is 4.73. The summed E-state index contributed by atoms with van der Waals surface area (Å²) in [6, 6.07) is 16.2. The van der Waals surface area contributed by atoms with Crippen molar-refractivity contribution < 1.29 is 9.21 Å². The van der Waals surface area contributed by atoms with Crippen LogP contribution in [0.1, 0.15) is 10.6 Å². The van der Waals surface area contributed by atoms with Gasteiger partial charge in [-0.2, -0.15) is 0 Å². The van der Waals surface area contributed by atoms with Crippen molar-refractivity contribution in [3.8, 4) is 11.4 Å². The summed E-state index contributed by atoms with van der Waals surface area (Å²) >= 11 is 6.30. The van der Waals surface area contributed by atoms with E-state index in [0.29, 0.717) is 22.1 Å². The monoisotopic (exact) mass is 337 g/mol. The van der Waals surface area contributed by atoms with Crippen LogP contribution in [-0.4, -0.2) is 15.9 Å². The number of halogens is 1. The average molecular weight is 338 g/mol. The number of amides is 1. The van der Waals surface area contributed by atoms with E-state index in [1.54, 1.807) is 30.3 Å². The predicted molar refractivity (Wildman–Crippen MR) is 93.2 cm³/mol. The molecule has 0 bridgehead atoms. The van der Waals surface area contributed by atoms with Gasteiger partial charge in [0.2, 0.25) is 0 Å². The molecule has 0 saturated carbocycles. The van der Waals surface area contributed by atoms with Gasteiger partial charge < -0.3 is 14.7 Å². The van der Waals surface area contributed by atoms with E-state index < -0.39 is 0 Å². The van der Waals surface area contributed by atoms with Crippen molar-refractivity contribution in [2.24, 2.45) is 0 Å². The molecule has 5 nitrogen and oxygen atoms in total. The van der Waals surface area contributed by atoms with Crippen molar-refractivity contribution in [2.45, 2.75) is 0 Å². The summed E-state index contributed by atoms with van der Waals surface area (Å²) in [4.78, 5) is 19.9. The highest BCUT2D eigenvalue weighted by Crippen LogP contribution is 2.30. The molecule has 4 aromatic rings. The number of nitrogens with zero attached hydrogens (tertiary/aromatic N) is 1. The van der Waals surface area contributed by atoms with Crippen LogP contribution in [0.4, 0.5) is 5.69 Å². The standard InChI is InChI=1S/C18H12ClN3O2/c19-13-8-7-11(20-18(23)16-6-3-9-24-16)10-12(13)17-21-14-4-1-2-5-15(14)22-17/h1-10H,(H,20,23)(H,21,22). The first-order valence-corrected chi connectivity index (χ1v) is 7.68. The van der Waals surface area contributed by atoms with E-state index in [0.717, 1.165) is 11.0 Å². The van der Waals surface area contributed by atoms with E-state index in [2.05, 4.69) is 15.3 Å². The molecule has 0 saturated heterocycles. The molecule has 0 fully saturated rings. The van der Waals surface area contributed by atoms with Gasteiger partial charge in [0.1, 0.15) is 5.82 Å². The molecule has 2 aromatic heterocycles. The van der Waals surface area contributed by atoms with Crippen molar-refractivity contribution in [3.63, 3.8) is 0 Å². The van der Waals surface area contributed by atoms with Gasteiger partial charge in [-0.25, -0.2) is 4.98 Å². The fraction of sp³-hybridized carbons (Fsp3) is 0. The zero-order valence-electron chi connectivity index (χ0n) is 12.4. The number of rotatable bonds is 3. The maximum absolute atomic E-state index is 12.1. The highest BCUT2D eigenvalue weighted by atomic mass is 35.5. The molecule has 4 rings (SSSR count). The Morgan fingerprint density at radius 1 is 1.12 bits per heavy atom. The molecule has 6 heteroatoms. The molecule has 0 spiro atoms. The van der Waals surface area contributed by atoms with Gasteiger partial charge >= 0.3 is 0 Å². The lowest BCUT2D eigenvalue weighted by Gasteiger charge is -2.07. The number of furan rings is 1. The highest BCUT2D eigenvalue weighted by molar-refractivity contribution is 6.33. The lowest BCUT2D eigenvalue weighted by molar-refractivity contribution is 0.0996. The summed E-state index contributed by atoms with van der Waals surface area (Å²) in [6.07, 6.45) is 1.45. The number of H-pyrrole nitrogens is 1. The van der Waals surface area contributed by atoms with Crippen molar-refractivity contribution in [3.05, 3.63) is 71.6 Å². The number of fused-ring (bicyclic) bond motifs is 1. The first-order valence-electron chi connectivity index (χ1n) is 7.30. The van der Waals surface area contributed by atoms with E-state index in [4.69, 9.17) is 16.0 Å². The molecule has 1 amide bonds. The van der Waals surface area contributed by atoms with Crippen LogP contribution in [0.3, 0.4) is 0 Å². The Labute approximate surface area is 142 Å². The third-order valence-electron chi connectivity index (χ3n) is 3.61. The number of aromatic nitrogens is 2. The summed E-state index contributed by atoms with van der Waals surface area (Å²) in [7, 11) is 0. The fourth-order valence-corrected chi connectivity index (χ4v) is 2.67. The second-order valence-corrected chi connectivity index (χ2v) is 5.64. The minimum atomic E-state index is -0.321. The van der Waals surface area contributed by atoms with Crippen LogP contribution in [0.5, 0.6) is 0 Å². The molecule has 0 aliphatic carbocycles. The largest absolute Gasteiger partial charge is 0.459 e. The molecule has 0 aliphatic rings. The summed E-state index contributed by atoms with van der Waals surface area (Å²) in [5, 5.41) is 3.33. The number of imidazole rings is 1. The van der Waals surface area contributed by atoms with Crippen molar-refractivity contribution in [1.29, 1.82) is 0 Å². The SMILES string of the molecule is O=C(Nc1ccc(Cl)c(-c2nc3ccccc3[nH]2)c1)c1ccco1. The molecule has 0 atom stereocenters. The van der Waals surface area contributed by atoms with E-state index in [9.17, 15) is 4.79 Å². The van der Waals surface area contributed by atoms with Crippen molar-refractivity contribution in [1.82, 2.24) is 9.97 Å². The number of benzene rings is 2. The van der Waals surface area contributed by atoms with Gasteiger partial charge in [0, 0.05) is 11.3 Å². The number of anilines is 1. The maximum atomic E-state index is 12.1. The topological polar surface area (TPSA) is 70.9 Å². The molecule has 0 unspecified atom stereocenters.